The zero-order valence-corrected chi connectivity index (χ0v) is 20.6. The fourth-order valence-corrected chi connectivity index (χ4v) is 5.76. The van der Waals surface area contributed by atoms with Gasteiger partial charge in [-0.1, -0.05) is 30.3 Å². The third-order valence-electron chi connectivity index (χ3n) is 7.33. The molecule has 0 aliphatic heterocycles. The number of nitrogens with two attached hydrogens (primary N) is 1. The summed E-state index contributed by atoms with van der Waals surface area (Å²) in [6, 6.07) is 12.3. The molecule has 2 unspecified atom stereocenters. The molecule has 36 heavy (non-hydrogen) atoms. The number of hydrogen-bond acceptors (Lipinski definition) is 7. The van der Waals surface area contributed by atoms with Crippen molar-refractivity contribution in [2.45, 2.75) is 44.2 Å². The predicted molar refractivity (Wildman–Crippen MR) is 132 cm³/mol. The highest BCUT2D eigenvalue weighted by Gasteiger charge is 2.38. The molecular weight excluding hydrogens is 480 g/mol. The van der Waals surface area contributed by atoms with Gasteiger partial charge in [-0.15, -0.1) is 0 Å². The van der Waals surface area contributed by atoms with Gasteiger partial charge in [0.05, 0.1) is 24.0 Å². The molecular formula is C26H30N4O5S. The first-order valence-corrected chi connectivity index (χ1v) is 13.6. The summed E-state index contributed by atoms with van der Waals surface area (Å²) in [5, 5.41) is 15.2. The average Bonchev–Trinajstić information content (AvgIpc) is 3.29. The maximum absolute atomic E-state index is 13.3. The van der Waals surface area contributed by atoms with E-state index in [0.29, 0.717) is 47.9 Å². The Bertz CT molecular complexity index is 1330. The Morgan fingerprint density at radius 2 is 1.94 bits per heavy atom. The maximum atomic E-state index is 13.3. The zero-order chi connectivity index (χ0) is 25.3. The summed E-state index contributed by atoms with van der Waals surface area (Å²) < 4.78 is 28.9. The number of carbonyl (C=O) groups excluding carboxylic acids is 1. The van der Waals surface area contributed by atoms with Crippen LogP contribution in [0.5, 0.6) is 0 Å². The Morgan fingerprint density at radius 3 is 2.72 bits per heavy atom. The van der Waals surface area contributed by atoms with E-state index >= 15 is 0 Å². The van der Waals surface area contributed by atoms with Crippen molar-refractivity contribution in [2.75, 3.05) is 6.61 Å². The van der Waals surface area contributed by atoms with Crippen molar-refractivity contribution < 1.29 is 22.5 Å². The van der Waals surface area contributed by atoms with Crippen LogP contribution < -0.4 is 5.14 Å². The summed E-state index contributed by atoms with van der Waals surface area (Å²) in [5.74, 6) is 0.698. The maximum Gasteiger partial charge on any atom is 0.333 e. The Kier molecular flexibility index (Phi) is 7.03. The molecule has 2 saturated carbocycles. The molecule has 2 aliphatic rings. The van der Waals surface area contributed by atoms with Crippen LogP contribution in [0.15, 0.2) is 61.3 Å². The van der Waals surface area contributed by atoms with Crippen LogP contribution >= 0.6 is 0 Å². The largest absolute Gasteiger partial charge is 0.393 e. The molecule has 2 aromatic heterocycles. The molecule has 0 amide bonds. The number of hydrogen-bond donors (Lipinski definition) is 2. The minimum absolute atomic E-state index is 0.0323. The van der Waals surface area contributed by atoms with Crippen molar-refractivity contribution in [1.82, 2.24) is 14.5 Å². The minimum atomic E-state index is -4.06. The third kappa shape index (κ3) is 5.89. The lowest BCUT2D eigenvalue weighted by molar-refractivity contribution is 0.100. The molecule has 1 aromatic carbocycles. The van der Waals surface area contributed by atoms with Gasteiger partial charge in [-0.3, -0.25) is 8.98 Å². The fraction of sp³-hybridized carbons (Fsp3) is 0.423. The second kappa shape index (κ2) is 10.2. The number of carbonyl (C=O) groups is 1. The summed E-state index contributed by atoms with van der Waals surface area (Å²) in [7, 11) is -4.06. The van der Waals surface area contributed by atoms with Gasteiger partial charge < -0.3 is 9.67 Å². The van der Waals surface area contributed by atoms with Gasteiger partial charge in [0.1, 0.15) is 6.33 Å². The van der Waals surface area contributed by atoms with Crippen molar-refractivity contribution >= 4 is 16.1 Å². The lowest BCUT2D eigenvalue weighted by Gasteiger charge is -2.13. The molecule has 0 radical (unpaired) electrons. The zero-order valence-electron chi connectivity index (χ0n) is 19.8. The molecule has 0 saturated heterocycles. The van der Waals surface area contributed by atoms with E-state index in [0.717, 1.165) is 13.0 Å². The van der Waals surface area contributed by atoms with Gasteiger partial charge in [0, 0.05) is 36.6 Å². The predicted octanol–water partition coefficient (Wildman–Crippen LogP) is 2.46. The van der Waals surface area contributed by atoms with E-state index in [4.69, 9.17) is 5.14 Å². The van der Waals surface area contributed by atoms with Gasteiger partial charge in [-0.25, -0.2) is 15.1 Å². The quantitative estimate of drug-likeness (QED) is 0.400. The monoisotopic (exact) mass is 510 g/mol. The smallest absolute Gasteiger partial charge is 0.333 e. The van der Waals surface area contributed by atoms with Crippen LogP contribution in [0.4, 0.5) is 0 Å². The lowest BCUT2D eigenvalue weighted by atomic mass is 9.95. The number of aliphatic hydroxyl groups is 1. The van der Waals surface area contributed by atoms with E-state index in [1.807, 2.05) is 24.5 Å². The fourth-order valence-electron chi connectivity index (χ4n) is 5.40. The van der Waals surface area contributed by atoms with E-state index in [-0.39, 0.29) is 24.2 Å². The van der Waals surface area contributed by atoms with Crippen molar-refractivity contribution in [2.24, 2.45) is 22.9 Å². The number of aliphatic hydroxyl groups excluding tert-OH is 1. The van der Waals surface area contributed by atoms with Crippen molar-refractivity contribution in [1.29, 1.82) is 0 Å². The molecule has 190 valence electrons. The lowest BCUT2D eigenvalue weighted by Crippen LogP contribution is -2.24. The van der Waals surface area contributed by atoms with Crippen molar-refractivity contribution in [3.8, 4) is 0 Å². The topological polar surface area (TPSA) is 137 Å². The van der Waals surface area contributed by atoms with Gasteiger partial charge in [0.25, 0.3) is 0 Å². The van der Waals surface area contributed by atoms with Crippen LogP contribution in [0.1, 0.15) is 52.4 Å². The first-order chi connectivity index (χ1) is 17.3. The van der Waals surface area contributed by atoms with Gasteiger partial charge in [-0.2, -0.15) is 8.42 Å². The molecule has 3 N–H and O–H groups in total. The minimum Gasteiger partial charge on any atom is -0.393 e. The van der Waals surface area contributed by atoms with Crippen LogP contribution in [-0.4, -0.2) is 46.6 Å². The number of aromatic nitrogens is 3. The number of rotatable bonds is 10. The standard InChI is InChI=1S/C26H30N4O5S/c27-36(33,34)35-15-21-8-17(10-25(21)31)9-24-23(12-28-16-29-24)26(32)19-6-7-30(13-19)14-20-11-22(20)18-4-2-1-3-5-18/h1-7,12-13,16-17,20-22,25,31H,8-11,14-15H2,(H2,27,33,34)/t17-,20?,21+,22?,25-/m0/s1. The molecule has 5 atom stereocenters. The summed E-state index contributed by atoms with van der Waals surface area (Å²) in [5.41, 5.74) is 3.03. The molecule has 0 spiro atoms. The Labute approximate surface area is 210 Å². The Balaban J connectivity index is 1.22. The van der Waals surface area contributed by atoms with Gasteiger partial charge in [-0.05, 0) is 55.1 Å². The Hall–Kier alpha value is -2.92. The molecule has 2 aliphatic carbocycles. The van der Waals surface area contributed by atoms with Crippen LogP contribution in [-0.2, 0) is 27.5 Å². The average molecular weight is 511 g/mol. The van der Waals surface area contributed by atoms with Gasteiger partial charge in [0.15, 0.2) is 5.78 Å². The first-order valence-electron chi connectivity index (χ1n) is 12.2. The highest BCUT2D eigenvalue weighted by molar-refractivity contribution is 7.84. The molecule has 10 heteroatoms. The van der Waals surface area contributed by atoms with E-state index < -0.39 is 16.4 Å². The molecule has 2 fully saturated rings. The summed E-state index contributed by atoms with van der Waals surface area (Å²) in [6.45, 7) is 0.707. The molecule has 9 nitrogen and oxygen atoms in total. The molecule has 0 bridgehead atoms. The summed E-state index contributed by atoms with van der Waals surface area (Å²) in [4.78, 5) is 21.8. The highest BCUT2D eigenvalue weighted by Crippen LogP contribution is 2.48. The van der Waals surface area contributed by atoms with Crippen molar-refractivity contribution in [3.05, 3.63) is 83.7 Å². The van der Waals surface area contributed by atoms with Crippen LogP contribution in [0.25, 0.3) is 0 Å². The van der Waals surface area contributed by atoms with E-state index in [1.165, 1.54) is 11.9 Å². The molecule has 2 heterocycles. The summed E-state index contributed by atoms with van der Waals surface area (Å²) in [6.07, 6.45) is 8.74. The number of nitrogens with zero attached hydrogens (tertiary/aromatic N) is 3. The van der Waals surface area contributed by atoms with E-state index in [1.54, 1.807) is 6.20 Å². The van der Waals surface area contributed by atoms with Crippen molar-refractivity contribution in [3.63, 3.8) is 0 Å². The Morgan fingerprint density at radius 1 is 1.14 bits per heavy atom. The molecule has 3 aromatic rings. The highest BCUT2D eigenvalue weighted by atomic mass is 32.2. The number of ketones is 1. The second-order valence-corrected chi connectivity index (χ2v) is 11.2. The van der Waals surface area contributed by atoms with Crippen LogP contribution in [0.3, 0.4) is 0 Å². The second-order valence-electron chi connectivity index (χ2n) is 9.97. The third-order valence-corrected chi connectivity index (χ3v) is 7.80. The van der Waals surface area contributed by atoms with Crippen LogP contribution in [0, 0.1) is 17.8 Å². The first kappa shape index (κ1) is 24.8. The summed E-state index contributed by atoms with van der Waals surface area (Å²) >= 11 is 0. The normalized spacial score (nSPS) is 25.7. The van der Waals surface area contributed by atoms with E-state index in [2.05, 4.69) is 43.0 Å². The van der Waals surface area contributed by atoms with Gasteiger partial charge in [0.2, 0.25) is 0 Å². The van der Waals surface area contributed by atoms with Gasteiger partial charge >= 0.3 is 10.3 Å². The number of benzene rings is 1. The SMILES string of the molecule is NS(=O)(=O)OC[C@H]1C[C@@H](Cc2ncncc2C(=O)c2ccn(CC3CC3c3ccccc3)c2)C[C@@H]1O. The van der Waals surface area contributed by atoms with E-state index in [9.17, 15) is 18.3 Å². The van der Waals surface area contributed by atoms with Crippen LogP contribution in [0.2, 0.25) is 0 Å². The molecule has 5 rings (SSSR count).